The van der Waals surface area contributed by atoms with Crippen LogP contribution in [0.4, 0.5) is 10.1 Å². The summed E-state index contributed by atoms with van der Waals surface area (Å²) in [6.45, 7) is 4.14. The van der Waals surface area contributed by atoms with Crippen molar-refractivity contribution < 1.29 is 9.50 Å². The summed E-state index contributed by atoms with van der Waals surface area (Å²) in [4.78, 5) is 0. The molecule has 0 saturated carbocycles. The highest BCUT2D eigenvalue weighted by molar-refractivity contribution is 9.10. The van der Waals surface area contributed by atoms with E-state index < -0.39 is 0 Å². The standard InChI is InChI=1S/C15H15BrFNO/c1-9-6-15(19)10(2)5-14(9)18-8-11-3-4-12(16)7-13(11)17/h3-7,18-19H,8H2,1-2H3. The van der Waals surface area contributed by atoms with Crippen molar-refractivity contribution in [2.45, 2.75) is 20.4 Å². The van der Waals surface area contributed by atoms with Crippen molar-refractivity contribution in [1.82, 2.24) is 0 Å². The number of anilines is 1. The number of phenols is 1. The van der Waals surface area contributed by atoms with E-state index in [1.54, 1.807) is 12.1 Å². The predicted molar refractivity (Wildman–Crippen MR) is 79.0 cm³/mol. The lowest BCUT2D eigenvalue weighted by Gasteiger charge is -2.12. The van der Waals surface area contributed by atoms with E-state index in [9.17, 15) is 9.50 Å². The number of hydrogen-bond acceptors (Lipinski definition) is 2. The number of benzene rings is 2. The average molecular weight is 324 g/mol. The molecule has 4 heteroatoms. The van der Waals surface area contributed by atoms with E-state index in [1.807, 2.05) is 26.0 Å². The molecule has 0 amide bonds. The van der Waals surface area contributed by atoms with Gasteiger partial charge in [-0.3, -0.25) is 0 Å². The summed E-state index contributed by atoms with van der Waals surface area (Å²) < 4.78 is 14.4. The second kappa shape index (κ2) is 5.61. The molecule has 100 valence electrons. The lowest BCUT2D eigenvalue weighted by molar-refractivity contribution is 0.471. The van der Waals surface area contributed by atoms with E-state index in [1.165, 1.54) is 6.07 Å². The summed E-state index contributed by atoms with van der Waals surface area (Å²) in [5, 5.41) is 12.8. The summed E-state index contributed by atoms with van der Waals surface area (Å²) in [6.07, 6.45) is 0. The second-order valence-electron chi connectivity index (χ2n) is 4.54. The molecule has 0 aliphatic heterocycles. The van der Waals surface area contributed by atoms with Gasteiger partial charge in [-0.25, -0.2) is 4.39 Å². The number of aromatic hydroxyl groups is 1. The normalized spacial score (nSPS) is 10.5. The average Bonchev–Trinajstić information content (AvgIpc) is 2.34. The number of phenolic OH excluding ortho intramolecular Hbond substituents is 1. The molecule has 0 aliphatic carbocycles. The van der Waals surface area contributed by atoms with Crippen LogP contribution in [0, 0.1) is 19.7 Å². The summed E-state index contributed by atoms with van der Waals surface area (Å²) in [6, 6.07) is 8.58. The molecule has 0 spiro atoms. The molecule has 2 aromatic rings. The van der Waals surface area contributed by atoms with Crippen LogP contribution >= 0.6 is 15.9 Å². The maximum absolute atomic E-state index is 13.7. The molecule has 0 heterocycles. The zero-order chi connectivity index (χ0) is 14.0. The maximum atomic E-state index is 13.7. The van der Waals surface area contributed by atoms with Crippen LogP contribution in [0.1, 0.15) is 16.7 Å². The van der Waals surface area contributed by atoms with Crippen LogP contribution in [-0.2, 0) is 6.54 Å². The van der Waals surface area contributed by atoms with E-state index in [2.05, 4.69) is 21.2 Å². The molecule has 2 aromatic carbocycles. The lowest BCUT2D eigenvalue weighted by Crippen LogP contribution is -2.03. The van der Waals surface area contributed by atoms with Crippen LogP contribution in [0.5, 0.6) is 5.75 Å². The number of rotatable bonds is 3. The molecular weight excluding hydrogens is 309 g/mol. The highest BCUT2D eigenvalue weighted by atomic mass is 79.9. The van der Waals surface area contributed by atoms with Gasteiger partial charge in [0, 0.05) is 22.3 Å². The zero-order valence-electron chi connectivity index (χ0n) is 10.8. The molecule has 0 aliphatic rings. The third kappa shape index (κ3) is 3.26. The number of nitrogens with one attached hydrogen (secondary N) is 1. The molecule has 0 radical (unpaired) electrons. The van der Waals surface area contributed by atoms with Gasteiger partial charge in [-0.1, -0.05) is 22.0 Å². The predicted octanol–water partition coefficient (Wildman–Crippen LogP) is 4.52. The van der Waals surface area contributed by atoms with Gasteiger partial charge in [-0.15, -0.1) is 0 Å². The van der Waals surface area contributed by atoms with Crippen molar-refractivity contribution in [3.63, 3.8) is 0 Å². The third-order valence-corrected chi connectivity index (χ3v) is 3.52. The molecule has 19 heavy (non-hydrogen) atoms. The van der Waals surface area contributed by atoms with E-state index in [0.717, 1.165) is 21.3 Å². The summed E-state index contributed by atoms with van der Waals surface area (Å²) in [5.74, 6) is 0.0351. The van der Waals surface area contributed by atoms with E-state index in [0.29, 0.717) is 12.1 Å². The van der Waals surface area contributed by atoms with Crippen molar-refractivity contribution in [2.75, 3.05) is 5.32 Å². The Labute approximate surface area is 120 Å². The highest BCUT2D eigenvalue weighted by Crippen LogP contribution is 2.25. The van der Waals surface area contributed by atoms with Gasteiger partial charge in [0.15, 0.2) is 0 Å². The fourth-order valence-corrected chi connectivity index (χ4v) is 2.18. The Morgan fingerprint density at radius 3 is 2.58 bits per heavy atom. The van der Waals surface area contributed by atoms with Gasteiger partial charge < -0.3 is 10.4 Å². The Morgan fingerprint density at radius 1 is 1.16 bits per heavy atom. The minimum absolute atomic E-state index is 0.241. The molecule has 2 N–H and O–H groups in total. The Hall–Kier alpha value is -1.55. The molecule has 2 nitrogen and oxygen atoms in total. The van der Waals surface area contributed by atoms with Gasteiger partial charge in [0.1, 0.15) is 11.6 Å². The first-order valence-electron chi connectivity index (χ1n) is 5.95. The molecule has 0 aromatic heterocycles. The van der Waals surface area contributed by atoms with Crippen LogP contribution in [0.2, 0.25) is 0 Å². The van der Waals surface area contributed by atoms with Crippen molar-refractivity contribution in [1.29, 1.82) is 0 Å². The minimum Gasteiger partial charge on any atom is -0.508 e. The Kier molecular flexibility index (Phi) is 4.10. The molecule has 0 atom stereocenters. The van der Waals surface area contributed by atoms with Gasteiger partial charge in [0.05, 0.1) is 0 Å². The van der Waals surface area contributed by atoms with Crippen LogP contribution in [-0.4, -0.2) is 5.11 Å². The second-order valence-corrected chi connectivity index (χ2v) is 5.46. The maximum Gasteiger partial charge on any atom is 0.129 e. The van der Waals surface area contributed by atoms with Crippen molar-refractivity contribution in [2.24, 2.45) is 0 Å². The van der Waals surface area contributed by atoms with Gasteiger partial charge in [0.25, 0.3) is 0 Å². The SMILES string of the molecule is Cc1cc(NCc2ccc(Br)cc2F)c(C)cc1O. The molecule has 0 saturated heterocycles. The fourth-order valence-electron chi connectivity index (χ4n) is 1.85. The Morgan fingerprint density at radius 2 is 1.89 bits per heavy atom. The molecule has 0 fully saturated rings. The van der Waals surface area contributed by atoms with Crippen LogP contribution in [0.25, 0.3) is 0 Å². The van der Waals surface area contributed by atoms with Crippen molar-refractivity contribution in [3.05, 3.63) is 57.3 Å². The van der Waals surface area contributed by atoms with E-state index in [4.69, 9.17) is 0 Å². The van der Waals surface area contributed by atoms with Gasteiger partial charge in [-0.2, -0.15) is 0 Å². The topological polar surface area (TPSA) is 32.3 Å². The third-order valence-electron chi connectivity index (χ3n) is 3.03. The monoisotopic (exact) mass is 323 g/mol. The Bertz CT molecular complexity index is 613. The summed E-state index contributed by atoms with van der Waals surface area (Å²) >= 11 is 3.23. The first-order valence-corrected chi connectivity index (χ1v) is 6.74. The van der Waals surface area contributed by atoms with Crippen LogP contribution < -0.4 is 5.32 Å². The number of halogens is 2. The fraction of sp³-hybridized carbons (Fsp3) is 0.200. The van der Waals surface area contributed by atoms with Gasteiger partial charge in [0.2, 0.25) is 0 Å². The number of hydrogen-bond donors (Lipinski definition) is 2. The van der Waals surface area contributed by atoms with Crippen molar-refractivity contribution >= 4 is 21.6 Å². The van der Waals surface area contributed by atoms with Gasteiger partial charge in [-0.05, 0) is 49.2 Å². The molecule has 0 bridgehead atoms. The first-order chi connectivity index (χ1) is 8.97. The largest absolute Gasteiger partial charge is 0.508 e. The molecular formula is C15H15BrFNO. The van der Waals surface area contributed by atoms with E-state index >= 15 is 0 Å². The van der Waals surface area contributed by atoms with E-state index in [-0.39, 0.29) is 11.6 Å². The highest BCUT2D eigenvalue weighted by Gasteiger charge is 2.06. The summed E-state index contributed by atoms with van der Waals surface area (Å²) in [7, 11) is 0. The molecule has 2 rings (SSSR count). The zero-order valence-corrected chi connectivity index (χ0v) is 12.4. The number of aryl methyl sites for hydroxylation is 2. The first kappa shape index (κ1) is 13.9. The Balaban J connectivity index is 2.16. The van der Waals surface area contributed by atoms with Gasteiger partial charge >= 0.3 is 0 Å². The lowest BCUT2D eigenvalue weighted by atomic mass is 10.1. The smallest absolute Gasteiger partial charge is 0.129 e. The van der Waals surface area contributed by atoms with Crippen LogP contribution in [0.15, 0.2) is 34.8 Å². The minimum atomic E-state index is -0.241. The molecule has 0 unspecified atom stereocenters. The van der Waals surface area contributed by atoms with Crippen molar-refractivity contribution in [3.8, 4) is 5.75 Å². The van der Waals surface area contributed by atoms with Crippen LogP contribution in [0.3, 0.4) is 0 Å². The summed E-state index contributed by atoms with van der Waals surface area (Å²) in [5.41, 5.74) is 3.23. The quantitative estimate of drug-likeness (QED) is 0.814.